The summed E-state index contributed by atoms with van der Waals surface area (Å²) in [5, 5.41) is 8.87. The molecule has 0 bridgehead atoms. The number of hydrogen-bond acceptors (Lipinski definition) is 3. The van der Waals surface area contributed by atoms with E-state index in [-0.39, 0.29) is 5.69 Å². The van der Waals surface area contributed by atoms with Gasteiger partial charge in [0.15, 0.2) is 0 Å². The van der Waals surface area contributed by atoms with E-state index in [1.165, 1.54) is 0 Å². The number of carboxylic acids is 1. The predicted molar refractivity (Wildman–Crippen MR) is 72.1 cm³/mol. The van der Waals surface area contributed by atoms with Gasteiger partial charge in [0.05, 0.1) is 17.0 Å². The van der Waals surface area contributed by atoms with Gasteiger partial charge in [0.1, 0.15) is 0 Å². The maximum absolute atomic E-state index is 11.2. The molecule has 102 valence electrons. The van der Waals surface area contributed by atoms with Crippen molar-refractivity contribution >= 4 is 17.0 Å². The summed E-state index contributed by atoms with van der Waals surface area (Å²) in [5.41, 5.74) is 2.35. The Morgan fingerprint density at radius 3 is 2.74 bits per heavy atom. The minimum absolute atomic E-state index is 0.222. The van der Waals surface area contributed by atoms with Crippen LogP contribution in [0.2, 0.25) is 0 Å². The molecule has 19 heavy (non-hydrogen) atoms. The van der Waals surface area contributed by atoms with Gasteiger partial charge in [0.2, 0.25) is 0 Å². The number of aliphatic carboxylic acids is 1. The Hall–Kier alpha value is -2.08. The van der Waals surface area contributed by atoms with Crippen molar-refractivity contribution < 1.29 is 9.90 Å². The molecular weight excluding hydrogens is 246 g/mol. The van der Waals surface area contributed by atoms with Crippen LogP contribution in [-0.2, 0) is 11.3 Å². The van der Waals surface area contributed by atoms with Crippen molar-refractivity contribution in [2.45, 2.75) is 13.5 Å². The third kappa shape index (κ3) is 3.23. The molecule has 0 fully saturated rings. The largest absolute Gasteiger partial charge is 0.481 e. The summed E-state index contributed by atoms with van der Waals surface area (Å²) >= 11 is 0. The van der Waals surface area contributed by atoms with Gasteiger partial charge in [0.25, 0.3) is 0 Å². The number of carboxylic acid groups (broad SMARTS) is 1. The average Bonchev–Trinajstić information content (AvgIpc) is 2.68. The fourth-order valence-corrected chi connectivity index (χ4v) is 2.10. The lowest BCUT2D eigenvalue weighted by molar-refractivity contribution is -0.141. The molecule has 0 saturated carbocycles. The van der Waals surface area contributed by atoms with Gasteiger partial charge in [-0.15, -0.1) is 0 Å². The van der Waals surface area contributed by atoms with Gasteiger partial charge in [-0.3, -0.25) is 4.79 Å². The molecule has 1 atom stereocenters. The number of hydrogen-bond donors (Lipinski definition) is 3. The zero-order valence-corrected chi connectivity index (χ0v) is 10.9. The van der Waals surface area contributed by atoms with E-state index in [0.29, 0.717) is 13.1 Å². The van der Waals surface area contributed by atoms with Crippen LogP contribution in [0.3, 0.4) is 0 Å². The Kier molecular flexibility index (Phi) is 3.71. The molecule has 2 aromatic rings. The second kappa shape index (κ2) is 5.27. The zero-order chi connectivity index (χ0) is 14.0. The molecule has 6 nitrogen and oxygen atoms in total. The molecule has 1 unspecified atom stereocenters. The number of rotatable bonds is 5. The summed E-state index contributed by atoms with van der Waals surface area (Å²) in [5.74, 6) is -1.20. The summed E-state index contributed by atoms with van der Waals surface area (Å²) < 4.78 is 0. The Morgan fingerprint density at radius 2 is 2.05 bits per heavy atom. The number of fused-ring (bicyclic) bond motifs is 1. The summed E-state index contributed by atoms with van der Waals surface area (Å²) in [6, 6.07) is 5.67. The molecule has 3 N–H and O–H groups in total. The fourth-order valence-electron chi connectivity index (χ4n) is 2.10. The van der Waals surface area contributed by atoms with Gasteiger partial charge >= 0.3 is 11.7 Å². The Labute approximate surface area is 110 Å². The van der Waals surface area contributed by atoms with Gasteiger partial charge in [-0.2, -0.15) is 0 Å². The highest BCUT2D eigenvalue weighted by molar-refractivity contribution is 5.75. The summed E-state index contributed by atoms with van der Waals surface area (Å²) in [4.78, 5) is 29.3. The lowest BCUT2D eigenvalue weighted by Gasteiger charge is -2.19. The van der Waals surface area contributed by atoms with Gasteiger partial charge in [-0.1, -0.05) is 13.0 Å². The molecule has 1 aromatic carbocycles. The van der Waals surface area contributed by atoms with Crippen LogP contribution in [0.4, 0.5) is 0 Å². The first-order valence-corrected chi connectivity index (χ1v) is 6.08. The number of nitrogens with zero attached hydrogens (tertiary/aromatic N) is 1. The van der Waals surface area contributed by atoms with Crippen LogP contribution in [0.1, 0.15) is 12.5 Å². The van der Waals surface area contributed by atoms with Crippen LogP contribution in [0, 0.1) is 5.92 Å². The lowest BCUT2D eigenvalue weighted by Crippen LogP contribution is -2.28. The molecule has 0 radical (unpaired) electrons. The predicted octanol–water partition coefficient (Wildman–Crippen LogP) is 1.01. The van der Waals surface area contributed by atoms with Crippen molar-refractivity contribution in [3.05, 3.63) is 34.2 Å². The van der Waals surface area contributed by atoms with Crippen molar-refractivity contribution in [2.24, 2.45) is 5.92 Å². The normalized spacial score (nSPS) is 13.0. The van der Waals surface area contributed by atoms with Crippen molar-refractivity contribution in [3.63, 3.8) is 0 Å². The van der Waals surface area contributed by atoms with Crippen LogP contribution in [0.15, 0.2) is 23.0 Å². The van der Waals surface area contributed by atoms with E-state index in [0.717, 1.165) is 16.6 Å². The molecule has 0 aliphatic rings. The smallest absolute Gasteiger partial charge is 0.323 e. The highest BCUT2D eigenvalue weighted by atomic mass is 16.4. The monoisotopic (exact) mass is 263 g/mol. The molecule has 0 aliphatic carbocycles. The van der Waals surface area contributed by atoms with E-state index in [4.69, 9.17) is 5.11 Å². The van der Waals surface area contributed by atoms with E-state index < -0.39 is 11.9 Å². The third-order valence-corrected chi connectivity index (χ3v) is 3.04. The maximum atomic E-state index is 11.2. The van der Waals surface area contributed by atoms with Crippen molar-refractivity contribution in [3.8, 4) is 0 Å². The minimum Gasteiger partial charge on any atom is -0.481 e. The molecule has 1 heterocycles. The third-order valence-electron chi connectivity index (χ3n) is 3.04. The number of aromatic amines is 2. The van der Waals surface area contributed by atoms with E-state index >= 15 is 0 Å². The molecule has 6 heteroatoms. The van der Waals surface area contributed by atoms with Crippen LogP contribution in [0.25, 0.3) is 11.0 Å². The highest BCUT2D eigenvalue weighted by Gasteiger charge is 2.13. The number of benzene rings is 1. The second-order valence-electron chi connectivity index (χ2n) is 4.90. The highest BCUT2D eigenvalue weighted by Crippen LogP contribution is 2.12. The molecule has 1 aromatic heterocycles. The van der Waals surface area contributed by atoms with Gasteiger partial charge in [-0.25, -0.2) is 4.79 Å². The maximum Gasteiger partial charge on any atom is 0.323 e. The Bertz CT molecular complexity index is 644. The molecule has 0 amide bonds. The van der Waals surface area contributed by atoms with Gasteiger partial charge in [-0.05, 0) is 24.7 Å². The summed E-state index contributed by atoms with van der Waals surface area (Å²) in [7, 11) is 1.88. The van der Waals surface area contributed by atoms with E-state index in [1.54, 1.807) is 6.92 Å². The topological polar surface area (TPSA) is 89.2 Å². The standard InChI is InChI=1S/C13H17N3O3/c1-8(12(17)18)6-16(2)7-9-3-4-10-11(5-9)15-13(19)14-10/h3-5,8H,6-7H2,1-2H3,(H,17,18)(H2,14,15,19). The SMILES string of the molecule is CC(CN(C)Cc1ccc2[nH]c(=O)[nH]c2c1)C(=O)O. The summed E-state index contributed by atoms with van der Waals surface area (Å²) in [6.45, 7) is 2.81. The first-order valence-electron chi connectivity index (χ1n) is 6.08. The number of nitrogens with one attached hydrogen (secondary N) is 2. The Morgan fingerprint density at radius 1 is 1.37 bits per heavy atom. The number of aromatic nitrogens is 2. The van der Waals surface area contributed by atoms with Crippen molar-refractivity contribution in [1.82, 2.24) is 14.9 Å². The zero-order valence-electron chi connectivity index (χ0n) is 10.9. The first kappa shape index (κ1) is 13.4. The van der Waals surface area contributed by atoms with Gasteiger partial charge < -0.3 is 20.0 Å². The minimum atomic E-state index is -0.794. The number of H-pyrrole nitrogens is 2. The first-order chi connectivity index (χ1) is 8.95. The lowest BCUT2D eigenvalue weighted by atomic mass is 10.1. The van der Waals surface area contributed by atoms with E-state index in [2.05, 4.69) is 9.97 Å². The second-order valence-corrected chi connectivity index (χ2v) is 4.90. The molecule has 0 spiro atoms. The van der Waals surface area contributed by atoms with Crippen LogP contribution in [-0.4, -0.2) is 39.5 Å². The van der Waals surface area contributed by atoms with E-state index in [9.17, 15) is 9.59 Å². The van der Waals surface area contributed by atoms with Crippen molar-refractivity contribution in [2.75, 3.05) is 13.6 Å². The van der Waals surface area contributed by atoms with Gasteiger partial charge in [0, 0.05) is 13.1 Å². The quantitative estimate of drug-likeness (QED) is 0.751. The van der Waals surface area contributed by atoms with Crippen LogP contribution >= 0.6 is 0 Å². The fraction of sp³-hybridized carbons (Fsp3) is 0.385. The molecular formula is C13H17N3O3. The number of imidazole rings is 1. The summed E-state index contributed by atoms with van der Waals surface area (Å²) in [6.07, 6.45) is 0. The molecule has 0 saturated heterocycles. The average molecular weight is 263 g/mol. The van der Waals surface area contributed by atoms with E-state index in [1.807, 2.05) is 30.1 Å². The van der Waals surface area contributed by atoms with Crippen LogP contribution in [0.5, 0.6) is 0 Å². The molecule has 0 aliphatic heterocycles. The molecule has 2 rings (SSSR count). The van der Waals surface area contributed by atoms with Crippen molar-refractivity contribution in [1.29, 1.82) is 0 Å². The number of carbonyl (C=O) groups is 1. The van der Waals surface area contributed by atoms with Crippen LogP contribution < -0.4 is 5.69 Å². The Balaban J connectivity index is 2.08.